The highest BCUT2D eigenvalue weighted by atomic mass is 35.5. The van der Waals surface area contributed by atoms with Gasteiger partial charge in [0.25, 0.3) is 0 Å². The number of halogens is 1. The van der Waals surface area contributed by atoms with E-state index < -0.39 is 16.1 Å². The molecule has 0 spiro atoms. The van der Waals surface area contributed by atoms with Crippen molar-refractivity contribution in [2.24, 2.45) is 0 Å². The highest BCUT2D eigenvalue weighted by Crippen LogP contribution is 2.38. The van der Waals surface area contributed by atoms with E-state index in [1.165, 1.54) is 15.8 Å². The van der Waals surface area contributed by atoms with Gasteiger partial charge < -0.3 is 10.2 Å². The fourth-order valence-electron chi connectivity index (χ4n) is 3.13. The standard InChI is InChI=1S/C19H18ClN3O3S2/c1-3-26-13-7-6-12-9-14(19(20)21-15(12)10-13)17-11-16(18-5-4-8-27-18)22-23(17)28(2,24)25/h4-11,17,22H,3H2,1-2H3/t17-/m0/s1. The smallest absolute Gasteiger partial charge is 0.228 e. The lowest BCUT2D eigenvalue weighted by Gasteiger charge is -2.23. The van der Waals surface area contributed by atoms with E-state index in [9.17, 15) is 8.42 Å². The molecule has 1 aliphatic heterocycles. The van der Waals surface area contributed by atoms with E-state index in [1.54, 1.807) is 0 Å². The molecular weight excluding hydrogens is 418 g/mol. The summed E-state index contributed by atoms with van der Waals surface area (Å²) in [7, 11) is -3.54. The zero-order valence-electron chi connectivity index (χ0n) is 15.2. The third kappa shape index (κ3) is 3.60. The minimum atomic E-state index is -3.54. The van der Waals surface area contributed by atoms with Crippen molar-refractivity contribution in [1.82, 2.24) is 14.8 Å². The van der Waals surface area contributed by atoms with Crippen LogP contribution < -0.4 is 10.2 Å². The number of aromatic nitrogens is 1. The number of hydrogen-bond donors (Lipinski definition) is 1. The quantitative estimate of drug-likeness (QED) is 0.608. The molecule has 0 radical (unpaired) electrons. The van der Waals surface area contributed by atoms with Crippen LogP contribution in [-0.4, -0.2) is 30.7 Å². The molecule has 3 aromatic rings. The summed E-state index contributed by atoms with van der Waals surface area (Å²) in [6.45, 7) is 2.47. The van der Waals surface area contributed by atoms with Crippen LogP contribution in [0.1, 0.15) is 23.4 Å². The largest absolute Gasteiger partial charge is 0.494 e. The lowest BCUT2D eigenvalue weighted by atomic mass is 10.1. The molecule has 1 aromatic carbocycles. The second-order valence-electron chi connectivity index (χ2n) is 6.33. The molecule has 28 heavy (non-hydrogen) atoms. The van der Waals surface area contributed by atoms with E-state index in [0.29, 0.717) is 23.4 Å². The first-order valence-corrected chi connectivity index (χ1v) is 11.7. The van der Waals surface area contributed by atoms with Gasteiger partial charge in [-0.05, 0) is 42.6 Å². The number of nitrogens with zero attached hydrogens (tertiary/aromatic N) is 2. The molecule has 0 bridgehead atoms. The van der Waals surface area contributed by atoms with Crippen molar-refractivity contribution in [2.45, 2.75) is 13.0 Å². The summed E-state index contributed by atoms with van der Waals surface area (Å²) in [5.74, 6) is 0.714. The zero-order valence-corrected chi connectivity index (χ0v) is 17.6. The highest BCUT2D eigenvalue weighted by Gasteiger charge is 2.35. The first kappa shape index (κ1) is 19.2. The molecule has 1 atom stereocenters. The van der Waals surface area contributed by atoms with Gasteiger partial charge >= 0.3 is 0 Å². The number of benzene rings is 1. The van der Waals surface area contributed by atoms with Crippen LogP contribution in [-0.2, 0) is 10.0 Å². The van der Waals surface area contributed by atoms with Crippen molar-refractivity contribution >= 4 is 49.6 Å². The number of rotatable bonds is 5. The molecule has 0 unspecified atom stereocenters. The minimum Gasteiger partial charge on any atom is -0.494 e. The first-order valence-electron chi connectivity index (χ1n) is 8.61. The highest BCUT2D eigenvalue weighted by molar-refractivity contribution is 7.88. The van der Waals surface area contributed by atoms with Gasteiger partial charge in [-0.2, -0.15) is 0 Å². The maximum atomic E-state index is 12.4. The Balaban J connectivity index is 1.81. The Hall–Kier alpha value is -2.13. The van der Waals surface area contributed by atoms with Crippen LogP contribution in [0, 0.1) is 0 Å². The van der Waals surface area contributed by atoms with Gasteiger partial charge in [0.2, 0.25) is 10.0 Å². The molecule has 4 rings (SSSR count). The lowest BCUT2D eigenvalue weighted by Crippen LogP contribution is -2.38. The molecule has 0 saturated carbocycles. The molecule has 0 saturated heterocycles. The summed E-state index contributed by atoms with van der Waals surface area (Å²) >= 11 is 8.00. The third-order valence-electron chi connectivity index (χ3n) is 4.35. The molecule has 0 fully saturated rings. The van der Waals surface area contributed by atoms with Gasteiger partial charge in [-0.15, -0.1) is 15.8 Å². The average Bonchev–Trinajstić information content (AvgIpc) is 3.30. The third-order valence-corrected chi connectivity index (χ3v) is 6.59. The van der Waals surface area contributed by atoms with E-state index in [0.717, 1.165) is 22.2 Å². The summed E-state index contributed by atoms with van der Waals surface area (Å²) in [5.41, 5.74) is 5.03. The Morgan fingerprint density at radius 3 is 2.82 bits per heavy atom. The maximum Gasteiger partial charge on any atom is 0.228 e. The fourth-order valence-corrected chi connectivity index (χ4v) is 4.94. The van der Waals surface area contributed by atoms with Crippen LogP contribution in [0.2, 0.25) is 5.15 Å². The van der Waals surface area contributed by atoms with Crippen molar-refractivity contribution in [1.29, 1.82) is 0 Å². The van der Waals surface area contributed by atoms with Gasteiger partial charge in [-0.25, -0.2) is 13.4 Å². The zero-order chi connectivity index (χ0) is 19.9. The summed E-state index contributed by atoms with van der Waals surface area (Å²) < 4.78 is 31.5. The number of nitrogens with one attached hydrogen (secondary N) is 1. The van der Waals surface area contributed by atoms with E-state index in [4.69, 9.17) is 16.3 Å². The first-order chi connectivity index (χ1) is 13.4. The number of pyridine rings is 1. The minimum absolute atomic E-state index is 0.255. The molecule has 1 N–H and O–H groups in total. The Labute approximate surface area is 172 Å². The van der Waals surface area contributed by atoms with Gasteiger partial charge in [-0.1, -0.05) is 17.7 Å². The second-order valence-corrected chi connectivity index (χ2v) is 9.49. The predicted octanol–water partition coefficient (Wildman–Crippen LogP) is 4.21. The number of fused-ring (bicyclic) bond motifs is 1. The molecule has 2 aromatic heterocycles. The molecule has 146 valence electrons. The van der Waals surface area contributed by atoms with Gasteiger partial charge in [-0.3, -0.25) is 0 Å². The van der Waals surface area contributed by atoms with Crippen LogP contribution in [0.4, 0.5) is 0 Å². The van der Waals surface area contributed by atoms with E-state index in [2.05, 4.69) is 10.4 Å². The van der Waals surface area contributed by atoms with E-state index in [-0.39, 0.29) is 5.15 Å². The van der Waals surface area contributed by atoms with Crippen molar-refractivity contribution in [3.8, 4) is 5.75 Å². The second kappa shape index (κ2) is 7.36. The predicted molar refractivity (Wildman–Crippen MR) is 113 cm³/mol. The van der Waals surface area contributed by atoms with Crippen molar-refractivity contribution in [3.63, 3.8) is 0 Å². The molecule has 0 amide bonds. The van der Waals surface area contributed by atoms with Gasteiger partial charge in [0.05, 0.1) is 35.0 Å². The molecular formula is C19H18ClN3O3S2. The number of hydrazine groups is 1. The normalized spacial score (nSPS) is 17.5. The molecule has 0 aliphatic carbocycles. The van der Waals surface area contributed by atoms with Crippen molar-refractivity contribution < 1.29 is 13.2 Å². The monoisotopic (exact) mass is 435 g/mol. The van der Waals surface area contributed by atoms with E-state index in [1.807, 2.05) is 54.8 Å². The van der Waals surface area contributed by atoms with E-state index >= 15 is 0 Å². The van der Waals surface area contributed by atoms with Gasteiger partial charge in [0, 0.05) is 17.0 Å². The number of hydrogen-bond acceptors (Lipinski definition) is 6. The van der Waals surface area contributed by atoms with Crippen LogP contribution in [0.3, 0.4) is 0 Å². The topological polar surface area (TPSA) is 71.5 Å². The number of sulfonamides is 1. The summed E-state index contributed by atoms with van der Waals surface area (Å²) in [6.07, 6.45) is 3.02. The van der Waals surface area contributed by atoms with Crippen LogP contribution in [0.5, 0.6) is 5.75 Å². The van der Waals surface area contributed by atoms with Crippen LogP contribution in [0.25, 0.3) is 16.6 Å². The Morgan fingerprint density at radius 2 is 2.14 bits per heavy atom. The summed E-state index contributed by atoms with van der Waals surface area (Å²) in [5, 5.41) is 3.05. The van der Waals surface area contributed by atoms with Crippen molar-refractivity contribution in [3.05, 3.63) is 63.4 Å². The van der Waals surface area contributed by atoms with Gasteiger partial charge in [0.1, 0.15) is 10.9 Å². The van der Waals surface area contributed by atoms with Gasteiger partial charge in [0.15, 0.2) is 0 Å². The Morgan fingerprint density at radius 1 is 1.32 bits per heavy atom. The summed E-state index contributed by atoms with van der Waals surface area (Å²) in [6, 6.07) is 10.7. The SMILES string of the molecule is CCOc1ccc2cc([C@@H]3C=C(c4cccs4)NN3S(C)(=O)=O)c(Cl)nc2c1. The van der Waals surface area contributed by atoms with Crippen LogP contribution >= 0.6 is 22.9 Å². The van der Waals surface area contributed by atoms with Crippen LogP contribution in [0.15, 0.2) is 47.9 Å². The molecule has 6 nitrogen and oxygen atoms in total. The fraction of sp³-hybridized carbons (Fsp3) is 0.211. The average molecular weight is 436 g/mol. The maximum absolute atomic E-state index is 12.4. The lowest BCUT2D eigenvalue weighted by molar-refractivity contribution is 0.340. The number of thiophene rings is 1. The molecule has 3 heterocycles. The molecule has 9 heteroatoms. The van der Waals surface area contributed by atoms with Crippen molar-refractivity contribution in [2.75, 3.05) is 12.9 Å². The Bertz CT molecular complexity index is 1160. The number of ether oxygens (including phenoxy) is 1. The molecule has 1 aliphatic rings. The Kier molecular flexibility index (Phi) is 5.05. The summed E-state index contributed by atoms with van der Waals surface area (Å²) in [4.78, 5) is 5.42.